The second kappa shape index (κ2) is 8.10. The molecule has 0 fully saturated rings. The van der Waals surface area contributed by atoms with E-state index in [1.54, 1.807) is 24.3 Å². The molecule has 2 rings (SSSR count). The van der Waals surface area contributed by atoms with Crippen molar-refractivity contribution < 1.29 is 14.3 Å². The molecule has 0 radical (unpaired) electrons. The molecular formula is C18H19NO3. The Balaban J connectivity index is 1.78. The van der Waals surface area contributed by atoms with Gasteiger partial charge in [-0.2, -0.15) is 0 Å². The molecule has 0 spiro atoms. The molecule has 0 aliphatic rings. The van der Waals surface area contributed by atoms with E-state index in [2.05, 4.69) is 5.32 Å². The fraction of sp³-hybridized carbons (Fsp3) is 0.222. The van der Waals surface area contributed by atoms with Crippen LogP contribution in [0.25, 0.3) is 0 Å². The highest BCUT2D eigenvalue weighted by Gasteiger charge is 2.09. The second-order valence-electron chi connectivity index (χ2n) is 4.94. The number of hydrogen-bond acceptors (Lipinski definition) is 3. The number of para-hydroxylation sites is 1. The number of nitrogens with one attached hydrogen (secondary N) is 1. The maximum Gasteiger partial charge on any atom is 0.226 e. The first-order chi connectivity index (χ1) is 10.7. The van der Waals surface area contributed by atoms with E-state index in [9.17, 15) is 9.59 Å². The highest BCUT2D eigenvalue weighted by Crippen LogP contribution is 2.15. The minimum Gasteiger partial charge on any atom is -0.376 e. The molecule has 0 aliphatic heterocycles. The SMILES string of the molecule is CC(=O)c1ccccc1NC(=O)CCOCc1ccccc1. The monoisotopic (exact) mass is 297 g/mol. The van der Waals surface area contributed by atoms with Crippen LogP contribution in [-0.2, 0) is 16.1 Å². The van der Waals surface area contributed by atoms with Crippen molar-refractivity contribution >= 4 is 17.4 Å². The highest BCUT2D eigenvalue weighted by atomic mass is 16.5. The molecule has 1 N–H and O–H groups in total. The van der Waals surface area contributed by atoms with Gasteiger partial charge in [-0.1, -0.05) is 42.5 Å². The zero-order valence-electron chi connectivity index (χ0n) is 12.5. The lowest BCUT2D eigenvalue weighted by molar-refractivity contribution is -0.117. The smallest absolute Gasteiger partial charge is 0.226 e. The lowest BCUT2D eigenvalue weighted by atomic mass is 10.1. The summed E-state index contributed by atoms with van der Waals surface area (Å²) in [6, 6.07) is 16.8. The molecule has 0 bridgehead atoms. The minimum absolute atomic E-state index is 0.0729. The lowest BCUT2D eigenvalue weighted by Gasteiger charge is -2.09. The highest BCUT2D eigenvalue weighted by molar-refractivity contribution is 6.03. The number of ketones is 1. The van der Waals surface area contributed by atoms with Gasteiger partial charge in [-0.3, -0.25) is 9.59 Å². The zero-order chi connectivity index (χ0) is 15.8. The molecule has 0 aromatic heterocycles. The molecule has 114 valence electrons. The maximum atomic E-state index is 11.9. The fourth-order valence-corrected chi connectivity index (χ4v) is 2.04. The number of ether oxygens (including phenoxy) is 1. The second-order valence-corrected chi connectivity index (χ2v) is 4.94. The number of rotatable bonds is 7. The van der Waals surface area contributed by atoms with Crippen molar-refractivity contribution in [3.8, 4) is 0 Å². The Bertz CT molecular complexity index is 638. The third-order valence-electron chi connectivity index (χ3n) is 3.17. The first-order valence-electron chi connectivity index (χ1n) is 7.18. The van der Waals surface area contributed by atoms with Gasteiger partial charge in [-0.25, -0.2) is 0 Å². The summed E-state index contributed by atoms with van der Waals surface area (Å²) in [5, 5.41) is 2.75. The van der Waals surface area contributed by atoms with E-state index in [0.29, 0.717) is 24.5 Å². The van der Waals surface area contributed by atoms with Gasteiger partial charge >= 0.3 is 0 Å². The van der Waals surface area contributed by atoms with Crippen LogP contribution in [-0.4, -0.2) is 18.3 Å². The number of carbonyl (C=O) groups is 2. The van der Waals surface area contributed by atoms with Crippen LogP contribution in [0.5, 0.6) is 0 Å². The minimum atomic E-state index is -0.165. The topological polar surface area (TPSA) is 55.4 Å². The molecule has 0 saturated carbocycles. The number of anilines is 1. The van der Waals surface area contributed by atoms with Crippen molar-refractivity contribution in [1.29, 1.82) is 0 Å². The van der Waals surface area contributed by atoms with Crippen molar-refractivity contribution in [3.05, 3.63) is 65.7 Å². The summed E-state index contributed by atoms with van der Waals surface area (Å²) in [6.45, 7) is 2.30. The predicted octanol–water partition coefficient (Wildman–Crippen LogP) is 3.43. The van der Waals surface area contributed by atoms with E-state index in [1.165, 1.54) is 6.92 Å². The van der Waals surface area contributed by atoms with Crippen molar-refractivity contribution in [1.82, 2.24) is 0 Å². The fourth-order valence-electron chi connectivity index (χ4n) is 2.04. The number of Topliss-reactive ketones (excluding diaryl/α,β-unsaturated/α-hetero) is 1. The summed E-state index contributed by atoms with van der Waals surface area (Å²) in [4.78, 5) is 23.4. The van der Waals surface area contributed by atoms with Crippen LogP contribution in [0.3, 0.4) is 0 Å². The molecule has 0 unspecified atom stereocenters. The molecule has 0 aliphatic carbocycles. The molecule has 4 heteroatoms. The summed E-state index contributed by atoms with van der Waals surface area (Å²) < 4.78 is 5.48. The predicted molar refractivity (Wildman–Crippen MR) is 85.8 cm³/mol. The van der Waals surface area contributed by atoms with Crippen LogP contribution >= 0.6 is 0 Å². The van der Waals surface area contributed by atoms with Gasteiger partial charge in [0.25, 0.3) is 0 Å². The Labute approximate surface area is 130 Å². The third kappa shape index (κ3) is 4.82. The first kappa shape index (κ1) is 15.9. The van der Waals surface area contributed by atoms with Crippen LogP contribution in [0.2, 0.25) is 0 Å². The van der Waals surface area contributed by atoms with Crippen LogP contribution in [0.15, 0.2) is 54.6 Å². The van der Waals surface area contributed by atoms with Gasteiger partial charge in [0.2, 0.25) is 5.91 Å². The summed E-state index contributed by atoms with van der Waals surface area (Å²) >= 11 is 0. The van der Waals surface area contributed by atoms with Gasteiger partial charge in [0, 0.05) is 5.56 Å². The van der Waals surface area contributed by atoms with Gasteiger partial charge in [0.1, 0.15) is 0 Å². The van der Waals surface area contributed by atoms with Crippen LogP contribution in [0, 0.1) is 0 Å². The molecular weight excluding hydrogens is 278 g/mol. The maximum absolute atomic E-state index is 11.9. The summed E-state index contributed by atoms with van der Waals surface area (Å²) in [5.41, 5.74) is 2.13. The Hall–Kier alpha value is -2.46. The van der Waals surface area contributed by atoms with Crippen LogP contribution < -0.4 is 5.32 Å². The standard InChI is InChI=1S/C18H19NO3/c1-14(20)16-9-5-6-10-17(16)19-18(21)11-12-22-13-15-7-3-2-4-8-15/h2-10H,11-13H2,1H3,(H,19,21). The van der Waals surface area contributed by atoms with Gasteiger partial charge in [0.05, 0.1) is 25.3 Å². The Kier molecular flexibility index (Phi) is 5.86. The number of amides is 1. The Morgan fingerprint density at radius 1 is 1.00 bits per heavy atom. The van der Waals surface area contributed by atoms with Crippen molar-refractivity contribution in [2.75, 3.05) is 11.9 Å². The quantitative estimate of drug-likeness (QED) is 0.629. The van der Waals surface area contributed by atoms with E-state index in [1.807, 2.05) is 30.3 Å². The molecule has 2 aromatic rings. The summed E-state index contributed by atoms with van der Waals surface area (Å²) in [6.07, 6.45) is 0.249. The third-order valence-corrected chi connectivity index (χ3v) is 3.17. The van der Waals surface area contributed by atoms with E-state index < -0.39 is 0 Å². The molecule has 0 atom stereocenters. The Morgan fingerprint density at radius 3 is 2.41 bits per heavy atom. The molecule has 2 aromatic carbocycles. The molecule has 0 saturated heterocycles. The molecule has 1 amide bonds. The summed E-state index contributed by atoms with van der Waals surface area (Å²) in [7, 11) is 0. The van der Waals surface area contributed by atoms with Gasteiger partial charge in [-0.15, -0.1) is 0 Å². The number of hydrogen-bond donors (Lipinski definition) is 1. The van der Waals surface area contributed by atoms with Crippen molar-refractivity contribution in [3.63, 3.8) is 0 Å². The molecule has 4 nitrogen and oxygen atoms in total. The Morgan fingerprint density at radius 2 is 1.68 bits per heavy atom. The lowest BCUT2D eigenvalue weighted by Crippen LogP contribution is -2.16. The normalized spacial score (nSPS) is 10.2. The van der Waals surface area contributed by atoms with Gasteiger partial charge in [-0.05, 0) is 24.6 Å². The first-order valence-corrected chi connectivity index (χ1v) is 7.18. The molecule has 22 heavy (non-hydrogen) atoms. The van der Waals surface area contributed by atoms with E-state index in [0.717, 1.165) is 5.56 Å². The summed E-state index contributed by atoms with van der Waals surface area (Å²) in [5.74, 6) is -0.238. The van der Waals surface area contributed by atoms with E-state index >= 15 is 0 Å². The van der Waals surface area contributed by atoms with Crippen LogP contribution in [0.4, 0.5) is 5.69 Å². The van der Waals surface area contributed by atoms with Crippen LogP contribution in [0.1, 0.15) is 29.3 Å². The van der Waals surface area contributed by atoms with Crippen molar-refractivity contribution in [2.45, 2.75) is 20.0 Å². The average molecular weight is 297 g/mol. The number of carbonyl (C=O) groups excluding carboxylic acids is 2. The van der Waals surface area contributed by atoms with E-state index in [4.69, 9.17) is 4.74 Å². The van der Waals surface area contributed by atoms with Gasteiger partial charge in [0.15, 0.2) is 5.78 Å². The van der Waals surface area contributed by atoms with Crippen molar-refractivity contribution in [2.24, 2.45) is 0 Å². The molecule has 0 heterocycles. The zero-order valence-corrected chi connectivity index (χ0v) is 12.5. The van der Waals surface area contributed by atoms with E-state index in [-0.39, 0.29) is 18.1 Å². The number of benzene rings is 2. The average Bonchev–Trinajstić information content (AvgIpc) is 2.53. The van der Waals surface area contributed by atoms with Gasteiger partial charge < -0.3 is 10.1 Å². The largest absolute Gasteiger partial charge is 0.376 e.